The van der Waals surface area contributed by atoms with Crippen molar-refractivity contribution < 1.29 is 38.1 Å². The zero-order chi connectivity index (χ0) is 88.8. The maximum Gasteiger partial charge on any atom is 0.278 e. The second-order valence-electron chi connectivity index (χ2n) is 34.2. The molecule has 10 aliphatic heterocycles. The van der Waals surface area contributed by atoms with Crippen LogP contribution in [0.15, 0.2) is 185 Å². The van der Waals surface area contributed by atoms with Crippen molar-refractivity contribution in [3.8, 4) is 45.8 Å². The normalized spacial score (nSPS) is 18.8. The fraction of sp³-hybridized carbons (Fsp3) is 0.368. The van der Waals surface area contributed by atoms with Crippen molar-refractivity contribution in [2.75, 3.05) is 185 Å². The largest absolute Gasteiger partial charge is 0.495 e. The van der Waals surface area contributed by atoms with Gasteiger partial charge in [0.2, 0.25) is 17.8 Å². The van der Waals surface area contributed by atoms with Gasteiger partial charge in [0.25, 0.3) is 34.4 Å². The van der Waals surface area contributed by atoms with E-state index in [4.69, 9.17) is 38.6 Å². The molecule has 2 atom stereocenters. The summed E-state index contributed by atoms with van der Waals surface area (Å²) in [7, 11) is 7.64. The van der Waals surface area contributed by atoms with Gasteiger partial charge >= 0.3 is 0 Å². The number of rotatable bonds is 11. The molecule has 4 fully saturated rings. The molecule has 35 heteroatoms. The summed E-state index contributed by atoms with van der Waals surface area (Å²) in [6, 6.07) is 38.4. The summed E-state index contributed by atoms with van der Waals surface area (Å²) in [5.74, 6) is 4.35. The summed E-state index contributed by atoms with van der Waals surface area (Å²) in [5, 5.41) is 11.2. The summed E-state index contributed by atoms with van der Waals surface area (Å²) >= 11 is 0. The number of nitrogens with one attached hydrogen (secondary N) is 3. The van der Waals surface area contributed by atoms with Crippen LogP contribution in [0.4, 0.5) is 69.0 Å². The molecule has 35 nitrogen and oxygen atoms in total. The summed E-state index contributed by atoms with van der Waals surface area (Å²) in [6.07, 6.45) is 24.3. The molecule has 3 N–H and O–H groups in total. The third-order valence-corrected chi connectivity index (χ3v) is 26.1. The molecule has 0 spiro atoms. The molecule has 3 amide bonds. The van der Waals surface area contributed by atoms with Gasteiger partial charge in [0.05, 0.1) is 79.4 Å². The van der Waals surface area contributed by atoms with Crippen molar-refractivity contribution in [2.24, 2.45) is 0 Å². The van der Waals surface area contributed by atoms with E-state index in [0.29, 0.717) is 148 Å². The van der Waals surface area contributed by atoms with Crippen LogP contribution in [0.2, 0.25) is 0 Å². The van der Waals surface area contributed by atoms with Crippen molar-refractivity contribution in [2.45, 2.75) is 90.0 Å². The number of nitrogens with zero attached hydrogens (tertiary/aromatic N) is 21. The van der Waals surface area contributed by atoms with E-state index >= 15 is 0 Å². The topological polar surface area (TPSA) is 321 Å². The van der Waals surface area contributed by atoms with E-state index in [1.807, 2.05) is 108 Å². The van der Waals surface area contributed by atoms with E-state index < -0.39 is 0 Å². The predicted octanol–water partition coefficient (Wildman–Crippen LogP) is 10.4. The highest BCUT2D eigenvalue weighted by atomic mass is 16.5. The second-order valence-corrected chi connectivity index (χ2v) is 34.2. The second kappa shape index (κ2) is 36.1. The first-order valence-electron chi connectivity index (χ1n) is 44.8. The van der Waals surface area contributed by atoms with Gasteiger partial charge in [0, 0.05) is 151 Å². The number of carbonyl (C=O) groups excluding carboxylic acids is 3. The first kappa shape index (κ1) is 83.9. The SMILES string of the molecule is COc1cc(Nc2ncc3c(=O)n4n(c3n2)-c2ccc3c(c2)N(CCCC=CC4)C(=O)CO3)ccc1N1CCN(C)C(C)C1.COc1cc(Nc2ncc3c(=O)n4n(c3n2)-c2ccc3c(c2)N(CCCC=CC4)C(=O)CO3)ccc1N1CCN(C)CC1.O=C1COc2ccc3cc2N1CCCC=CCn1c(=O)c2cnc(Nc4ccc(N5CCN6CCCC6C5)cc4)nc2n1-3. The number of aromatic nitrogens is 12. The highest BCUT2D eigenvalue weighted by Crippen LogP contribution is 2.42. The Morgan fingerprint density at radius 3 is 1.22 bits per heavy atom. The lowest BCUT2D eigenvalue weighted by atomic mass is 10.1. The number of fused-ring (bicyclic) bond motifs is 16. The van der Waals surface area contributed by atoms with Crippen LogP contribution in [-0.2, 0) is 34.0 Å². The molecule has 12 aromatic rings. The van der Waals surface area contributed by atoms with Crippen LogP contribution in [-0.4, -0.2) is 242 Å². The minimum absolute atomic E-state index is 0.0157. The van der Waals surface area contributed by atoms with Crippen LogP contribution in [0, 0.1) is 0 Å². The summed E-state index contributed by atoms with van der Waals surface area (Å²) < 4.78 is 39.1. The number of carbonyl (C=O) groups is 3. The number of anilines is 12. The molecule has 22 rings (SSSR count). The third kappa shape index (κ3) is 16.5. The van der Waals surface area contributed by atoms with Crippen LogP contribution in [0.1, 0.15) is 58.3 Å². The van der Waals surface area contributed by atoms with Gasteiger partial charge < -0.3 is 78.8 Å². The zero-order valence-corrected chi connectivity index (χ0v) is 73.5. The summed E-state index contributed by atoms with van der Waals surface area (Å²) in [6.45, 7) is 16.4. The number of amides is 3. The summed E-state index contributed by atoms with van der Waals surface area (Å²) in [5.41, 5.74) is 10.8. The van der Waals surface area contributed by atoms with Gasteiger partial charge in [-0.25, -0.2) is 43.0 Å². The smallest absolute Gasteiger partial charge is 0.278 e. The highest BCUT2D eigenvalue weighted by molar-refractivity contribution is 6.00. The molecule has 670 valence electrons. The van der Waals surface area contributed by atoms with Gasteiger partial charge in [-0.3, -0.25) is 33.7 Å². The lowest BCUT2D eigenvalue weighted by Gasteiger charge is -2.39. The van der Waals surface area contributed by atoms with Gasteiger partial charge in [-0.05, 0) is 182 Å². The van der Waals surface area contributed by atoms with E-state index in [2.05, 4.69) is 130 Å². The van der Waals surface area contributed by atoms with Crippen LogP contribution in [0.5, 0.6) is 28.7 Å². The average Bonchev–Trinajstić information content (AvgIpc) is 1.60. The highest BCUT2D eigenvalue weighted by Gasteiger charge is 2.35. The van der Waals surface area contributed by atoms with Crippen LogP contribution < -0.4 is 85.7 Å². The first-order valence-corrected chi connectivity index (χ1v) is 44.8. The first-order chi connectivity index (χ1) is 63.5. The molecule has 0 radical (unpaired) electrons. The average molecular weight is 1760 g/mol. The fourth-order valence-electron chi connectivity index (χ4n) is 18.9. The number of ether oxygens (including phenoxy) is 5. The molecule has 4 saturated heterocycles. The van der Waals surface area contributed by atoms with E-state index in [9.17, 15) is 28.8 Å². The van der Waals surface area contributed by atoms with Crippen LogP contribution in [0.3, 0.4) is 0 Å². The van der Waals surface area contributed by atoms with Crippen molar-refractivity contribution in [1.29, 1.82) is 0 Å². The van der Waals surface area contributed by atoms with Crippen molar-refractivity contribution >= 4 is 120 Å². The maximum absolute atomic E-state index is 13.6. The Hall–Kier alpha value is -14.3. The molecule has 16 heterocycles. The van der Waals surface area contributed by atoms with Gasteiger partial charge in [0.15, 0.2) is 36.8 Å². The maximum atomic E-state index is 13.6. The van der Waals surface area contributed by atoms with Crippen molar-refractivity contribution in [1.82, 2.24) is 72.7 Å². The molecule has 6 bridgehead atoms. The molecule has 10 aliphatic rings. The van der Waals surface area contributed by atoms with Gasteiger partial charge in [0.1, 0.15) is 44.9 Å². The Bertz CT molecular complexity index is 6660. The van der Waals surface area contributed by atoms with Gasteiger partial charge in [-0.15, -0.1) is 0 Å². The van der Waals surface area contributed by atoms with E-state index in [1.54, 1.807) is 70.9 Å². The molecule has 0 aliphatic carbocycles. The zero-order valence-electron chi connectivity index (χ0n) is 73.5. The minimum atomic E-state index is -0.192. The third-order valence-electron chi connectivity index (χ3n) is 26.1. The molecule has 0 saturated carbocycles. The monoisotopic (exact) mass is 1760 g/mol. The van der Waals surface area contributed by atoms with E-state index in [0.717, 1.165) is 150 Å². The molecule has 2 unspecified atom stereocenters. The number of hydrogen-bond donors (Lipinski definition) is 3. The number of hydrogen-bond acceptors (Lipinski definition) is 26. The minimum Gasteiger partial charge on any atom is -0.495 e. The standard InChI is InChI=1S/C32H36N8O4.C32H34N8O3.C31H34N8O4/c1-21-19-37(15-14-36(21)2)25-10-8-22(16-28(25)43-3)34-32-33-18-24-30(35-32)40-23-9-11-27-26(17-23)38(29(41)20-44-27)12-6-4-5-7-13-39(40)31(24)42;41-29-21-43-28-12-11-24-18-27(28)38(29)14-3-1-2-4-15-39-31(42)26-19-33-32(35-30(26)40(24)39)34-22-7-9-23(10-8-22)37-17-16-36-13-5-6-25(36)20-37;1-35-13-15-36(16-14-35)24-9-7-21(17-27(24)42-2)33-31-32-19-23-29(34-31)39-22-8-10-26-25(18-22)37(28(40)20-43-26)11-5-3-4-6-12-38(39)30(23)41/h5,7-11,16-18,21H,4,6,12-15,19-20H2,1-3H3,(H,33,34,35);2,4,7-12,18-19,25H,1,3,5-6,13-17,20-21H2,(H,33,34,35);4,6-10,17-19H,3,5,11-16,20H2,1-2H3,(H,32,33,34). The van der Waals surface area contributed by atoms with Crippen LogP contribution >= 0.6 is 0 Å². The predicted molar refractivity (Wildman–Crippen MR) is 501 cm³/mol. The van der Waals surface area contributed by atoms with E-state index in [1.165, 1.54) is 25.1 Å². The molecular weight excluding hydrogens is 1650 g/mol. The Labute approximate surface area is 749 Å². The van der Waals surface area contributed by atoms with E-state index in [-0.39, 0.29) is 54.2 Å². The van der Waals surface area contributed by atoms with Crippen molar-refractivity contribution in [3.05, 3.63) is 201 Å². The number of likely N-dealkylation sites (N-methyl/N-ethyl adjacent to an activating group) is 2. The Morgan fingerprint density at radius 2 is 0.785 bits per heavy atom. The Kier molecular flexibility index (Phi) is 23.3. The number of benzene rings is 6. The number of methoxy groups -OCH3 is 2. The Balaban J connectivity index is 0.000000122. The summed E-state index contributed by atoms with van der Waals surface area (Å²) in [4.78, 5) is 127. The lowest BCUT2D eigenvalue weighted by Crippen LogP contribution is -2.50. The van der Waals surface area contributed by atoms with Gasteiger partial charge in [-0.2, -0.15) is 15.0 Å². The van der Waals surface area contributed by atoms with Gasteiger partial charge in [-0.1, -0.05) is 36.5 Å². The quantitative estimate of drug-likeness (QED) is 0.101. The molecule has 130 heavy (non-hydrogen) atoms. The molecular formula is C95H104N24O11. The Morgan fingerprint density at radius 1 is 0.385 bits per heavy atom. The lowest BCUT2D eigenvalue weighted by molar-refractivity contribution is -0.122. The van der Waals surface area contributed by atoms with Crippen LogP contribution in [0.25, 0.3) is 50.2 Å². The number of allylic oxidation sites excluding steroid dienone is 6. The molecule has 6 aromatic carbocycles. The molecule has 6 aromatic heterocycles. The fourth-order valence-corrected chi connectivity index (χ4v) is 18.9. The van der Waals surface area contributed by atoms with Crippen molar-refractivity contribution in [3.63, 3.8) is 0 Å². The number of piperazine rings is 3.